The highest BCUT2D eigenvalue weighted by atomic mass is 32.2. The van der Waals surface area contributed by atoms with Gasteiger partial charge in [-0.2, -0.15) is 0 Å². The first kappa shape index (κ1) is 23.2. The third-order valence-electron chi connectivity index (χ3n) is 5.86. The average Bonchev–Trinajstić information content (AvgIpc) is 2.64. The second kappa shape index (κ2) is 10.2. The Bertz CT molecular complexity index is 811. The van der Waals surface area contributed by atoms with Gasteiger partial charge < -0.3 is 10.1 Å². The molecule has 1 saturated carbocycles. The number of anilines is 1. The minimum atomic E-state index is -3.66. The maximum absolute atomic E-state index is 12.5. The van der Waals surface area contributed by atoms with Gasteiger partial charge in [0.25, 0.3) is 0 Å². The number of nitrogens with one attached hydrogen (secondary N) is 2. The molecule has 3 rings (SSSR count). The molecular weight excluding hydrogens is 402 g/mol. The van der Waals surface area contributed by atoms with Crippen LogP contribution in [0.4, 0.5) is 5.69 Å². The van der Waals surface area contributed by atoms with E-state index >= 15 is 0 Å². The van der Waals surface area contributed by atoms with Crippen molar-refractivity contribution in [2.24, 2.45) is 5.92 Å². The summed E-state index contributed by atoms with van der Waals surface area (Å²) in [6.07, 6.45) is 4.03. The highest BCUT2D eigenvalue weighted by Crippen LogP contribution is 2.24. The van der Waals surface area contributed by atoms with Gasteiger partial charge in [0.1, 0.15) is 5.75 Å². The lowest BCUT2D eigenvalue weighted by Gasteiger charge is -2.35. The zero-order valence-electron chi connectivity index (χ0n) is 18.3. The normalized spacial score (nSPS) is 28.2. The molecular formula is C22H35N3O4S. The lowest BCUT2D eigenvalue weighted by Crippen LogP contribution is -2.45. The fraction of sp³-hybridized carbons (Fsp3) is 0.682. The van der Waals surface area contributed by atoms with Crippen LogP contribution in [0, 0.1) is 5.92 Å². The Balaban J connectivity index is 1.57. The molecule has 1 saturated heterocycles. The summed E-state index contributed by atoms with van der Waals surface area (Å²) in [7, 11) is -3.66. The number of morpholine rings is 1. The first-order valence-corrected chi connectivity index (χ1v) is 12.6. The molecule has 2 N–H and O–H groups in total. The molecule has 0 bridgehead atoms. The van der Waals surface area contributed by atoms with Crippen LogP contribution in [0.3, 0.4) is 0 Å². The molecule has 0 aromatic heterocycles. The Labute approximate surface area is 180 Å². The zero-order valence-corrected chi connectivity index (χ0v) is 19.1. The molecule has 7 nitrogen and oxygen atoms in total. The van der Waals surface area contributed by atoms with Gasteiger partial charge in [-0.25, -0.2) is 13.1 Å². The fourth-order valence-corrected chi connectivity index (χ4v) is 5.71. The summed E-state index contributed by atoms with van der Waals surface area (Å²) in [5.74, 6) is -0.426. The van der Waals surface area contributed by atoms with Crippen molar-refractivity contribution in [3.05, 3.63) is 29.8 Å². The molecule has 2 atom stereocenters. The molecule has 0 radical (unpaired) electrons. The number of carbonyl (C=O) groups excluding carboxylic acids is 1. The van der Waals surface area contributed by atoms with Crippen LogP contribution in [0.5, 0.6) is 0 Å². The molecule has 1 aliphatic heterocycles. The van der Waals surface area contributed by atoms with Gasteiger partial charge in [0.15, 0.2) is 0 Å². The Morgan fingerprint density at radius 3 is 2.37 bits per heavy atom. The third-order valence-corrected chi connectivity index (χ3v) is 7.20. The van der Waals surface area contributed by atoms with E-state index in [1.165, 1.54) is 0 Å². The van der Waals surface area contributed by atoms with E-state index in [0.29, 0.717) is 18.2 Å². The van der Waals surface area contributed by atoms with Gasteiger partial charge in [-0.05, 0) is 57.1 Å². The van der Waals surface area contributed by atoms with Crippen molar-refractivity contribution in [2.45, 2.75) is 71.2 Å². The van der Waals surface area contributed by atoms with E-state index in [1.54, 1.807) is 0 Å². The largest absolute Gasteiger partial charge is 0.373 e. The molecule has 0 spiro atoms. The van der Waals surface area contributed by atoms with Crippen LogP contribution in [0.2, 0.25) is 0 Å². The predicted molar refractivity (Wildman–Crippen MR) is 119 cm³/mol. The number of ether oxygens (including phenoxy) is 1. The van der Waals surface area contributed by atoms with Crippen LogP contribution in [0.25, 0.3) is 0 Å². The molecule has 1 aromatic rings. The number of sulfonamides is 1. The van der Waals surface area contributed by atoms with E-state index in [9.17, 15) is 13.2 Å². The fourth-order valence-electron chi connectivity index (χ4n) is 4.47. The second-order valence-corrected chi connectivity index (χ2v) is 10.7. The molecule has 8 heteroatoms. The van der Waals surface area contributed by atoms with Gasteiger partial charge in [-0.3, -0.25) is 9.69 Å². The van der Waals surface area contributed by atoms with Gasteiger partial charge in [-0.15, -0.1) is 0 Å². The quantitative estimate of drug-likeness (QED) is 0.685. The van der Waals surface area contributed by atoms with E-state index in [-0.39, 0.29) is 18.2 Å². The monoisotopic (exact) mass is 437 g/mol. The maximum Gasteiger partial charge on any atom is 0.241 e. The molecule has 1 heterocycles. The van der Waals surface area contributed by atoms with Crippen molar-refractivity contribution in [1.29, 1.82) is 0 Å². The number of nitrogens with zero attached hydrogens (tertiary/aromatic N) is 1. The molecule has 30 heavy (non-hydrogen) atoms. The van der Waals surface area contributed by atoms with Gasteiger partial charge in [0.05, 0.1) is 12.2 Å². The first-order chi connectivity index (χ1) is 14.2. The molecule has 2 aliphatic rings. The Hall–Kier alpha value is -1.48. The van der Waals surface area contributed by atoms with Crippen LogP contribution in [0.15, 0.2) is 24.3 Å². The topological polar surface area (TPSA) is 87.7 Å². The first-order valence-electron chi connectivity index (χ1n) is 11.0. The number of hydrogen-bond donors (Lipinski definition) is 2. The van der Waals surface area contributed by atoms with E-state index in [4.69, 9.17) is 4.74 Å². The van der Waals surface area contributed by atoms with Crippen LogP contribution < -0.4 is 10.0 Å². The summed E-state index contributed by atoms with van der Waals surface area (Å²) in [6.45, 7) is 8.63. The summed E-state index contributed by atoms with van der Waals surface area (Å²) in [5, 5.41) is 2.81. The zero-order chi connectivity index (χ0) is 21.7. The SMILES string of the molecule is CC1CCC(NS(=O)(=O)CC(=O)Nc2ccccc2CN2CC(C)OC(C)C2)CC1. The molecule has 1 amide bonds. The smallest absolute Gasteiger partial charge is 0.241 e. The molecule has 1 aliphatic carbocycles. The lowest BCUT2D eigenvalue weighted by molar-refractivity contribution is -0.113. The number of hydrogen-bond acceptors (Lipinski definition) is 5. The van der Waals surface area contributed by atoms with E-state index in [1.807, 2.05) is 24.3 Å². The Kier molecular flexibility index (Phi) is 7.90. The molecule has 1 aromatic carbocycles. The number of rotatable bonds is 7. The number of para-hydroxylation sites is 1. The van der Waals surface area contributed by atoms with Crippen molar-refractivity contribution in [3.8, 4) is 0 Å². The average molecular weight is 438 g/mol. The Morgan fingerprint density at radius 2 is 1.70 bits per heavy atom. The summed E-state index contributed by atoms with van der Waals surface area (Å²) in [6, 6.07) is 7.51. The number of carbonyl (C=O) groups is 1. The van der Waals surface area contributed by atoms with Gasteiger partial charge in [0, 0.05) is 31.4 Å². The number of amides is 1. The minimum Gasteiger partial charge on any atom is -0.373 e. The molecule has 2 unspecified atom stereocenters. The Morgan fingerprint density at radius 1 is 1.07 bits per heavy atom. The molecule has 168 valence electrons. The van der Waals surface area contributed by atoms with Crippen molar-refractivity contribution in [1.82, 2.24) is 9.62 Å². The highest BCUT2D eigenvalue weighted by molar-refractivity contribution is 7.90. The van der Waals surface area contributed by atoms with E-state index < -0.39 is 21.7 Å². The van der Waals surface area contributed by atoms with Crippen molar-refractivity contribution in [3.63, 3.8) is 0 Å². The van der Waals surface area contributed by atoms with Gasteiger partial charge >= 0.3 is 0 Å². The van der Waals surface area contributed by atoms with Gasteiger partial charge in [0.2, 0.25) is 15.9 Å². The highest BCUT2D eigenvalue weighted by Gasteiger charge is 2.26. The maximum atomic E-state index is 12.5. The standard InChI is InChI=1S/C22H35N3O4S/c1-16-8-10-20(11-9-16)24-30(27,28)15-22(26)23-21-7-5-4-6-19(21)14-25-12-17(2)29-18(3)13-25/h4-7,16-18,20,24H,8-15H2,1-3H3,(H,23,26). The van der Waals surface area contributed by atoms with Crippen LogP contribution in [0.1, 0.15) is 52.0 Å². The summed E-state index contributed by atoms with van der Waals surface area (Å²) in [4.78, 5) is 14.8. The molecule has 2 fully saturated rings. The summed E-state index contributed by atoms with van der Waals surface area (Å²) in [5.41, 5.74) is 1.63. The van der Waals surface area contributed by atoms with Crippen molar-refractivity contribution < 1.29 is 17.9 Å². The van der Waals surface area contributed by atoms with E-state index in [0.717, 1.165) is 44.3 Å². The van der Waals surface area contributed by atoms with Crippen LogP contribution in [-0.4, -0.2) is 56.3 Å². The predicted octanol–water partition coefficient (Wildman–Crippen LogP) is 2.73. The number of benzene rings is 1. The second-order valence-electron chi connectivity index (χ2n) is 8.99. The van der Waals surface area contributed by atoms with Crippen LogP contribution in [-0.2, 0) is 26.1 Å². The van der Waals surface area contributed by atoms with Crippen molar-refractivity contribution in [2.75, 3.05) is 24.2 Å². The minimum absolute atomic E-state index is 0.0587. The third kappa shape index (κ3) is 7.04. The summed E-state index contributed by atoms with van der Waals surface area (Å²) < 4.78 is 33.4. The summed E-state index contributed by atoms with van der Waals surface area (Å²) >= 11 is 0. The van der Waals surface area contributed by atoms with Gasteiger partial charge in [-0.1, -0.05) is 25.1 Å². The van der Waals surface area contributed by atoms with E-state index in [2.05, 4.69) is 35.7 Å². The van der Waals surface area contributed by atoms with Crippen LogP contribution >= 0.6 is 0 Å². The lowest BCUT2D eigenvalue weighted by atomic mass is 9.88. The van der Waals surface area contributed by atoms with Crippen molar-refractivity contribution >= 4 is 21.6 Å².